The first-order chi connectivity index (χ1) is 9.24. The van der Waals surface area contributed by atoms with E-state index in [4.69, 9.17) is 5.11 Å². The molecule has 1 N–H and O–H groups in total. The fraction of sp³-hybridized carbons (Fsp3) is 0.933. The van der Waals surface area contributed by atoms with Crippen molar-refractivity contribution in [1.82, 2.24) is 9.80 Å². The number of piperidine rings is 1. The Morgan fingerprint density at radius 1 is 1.05 bits per heavy atom. The first-order valence-corrected chi connectivity index (χ1v) is 7.90. The molecule has 4 nitrogen and oxygen atoms in total. The van der Waals surface area contributed by atoms with Gasteiger partial charge in [-0.25, -0.2) is 0 Å². The molecule has 0 amide bonds. The van der Waals surface area contributed by atoms with E-state index in [9.17, 15) is 4.79 Å². The van der Waals surface area contributed by atoms with Crippen LogP contribution in [0.1, 0.15) is 44.9 Å². The van der Waals surface area contributed by atoms with E-state index in [2.05, 4.69) is 9.80 Å². The van der Waals surface area contributed by atoms with Gasteiger partial charge in [-0.05, 0) is 77.2 Å². The molecule has 0 radical (unpaired) electrons. The number of hydrogen-bond donors (Lipinski definition) is 1. The zero-order valence-electron chi connectivity index (χ0n) is 12.0. The molecule has 2 heterocycles. The zero-order chi connectivity index (χ0) is 13.5. The minimum atomic E-state index is -0.647. The molecule has 2 aliphatic heterocycles. The van der Waals surface area contributed by atoms with Gasteiger partial charge in [-0.15, -0.1) is 0 Å². The lowest BCUT2D eigenvalue weighted by Crippen LogP contribution is -2.37. The topological polar surface area (TPSA) is 43.8 Å². The smallest absolute Gasteiger partial charge is 0.303 e. The van der Waals surface area contributed by atoms with Crippen molar-refractivity contribution in [2.45, 2.75) is 44.9 Å². The lowest BCUT2D eigenvalue weighted by Gasteiger charge is -2.33. The van der Waals surface area contributed by atoms with Crippen LogP contribution in [0.25, 0.3) is 0 Å². The van der Waals surface area contributed by atoms with Gasteiger partial charge in [0.1, 0.15) is 0 Å². The molecule has 2 fully saturated rings. The summed E-state index contributed by atoms with van der Waals surface area (Å²) in [4.78, 5) is 15.7. The van der Waals surface area contributed by atoms with Gasteiger partial charge in [0, 0.05) is 13.0 Å². The number of likely N-dealkylation sites (tertiary alicyclic amines) is 2. The highest BCUT2D eigenvalue weighted by atomic mass is 16.4. The van der Waals surface area contributed by atoms with Crippen molar-refractivity contribution in [2.75, 3.05) is 39.3 Å². The van der Waals surface area contributed by atoms with Crippen LogP contribution in [0.15, 0.2) is 0 Å². The number of hydrogen-bond acceptors (Lipinski definition) is 3. The normalized spacial score (nSPS) is 25.8. The number of carbonyl (C=O) groups is 1. The zero-order valence-corrected chi connectivity index (χ0v) is 12.0. The number of rotatable bonds is 7. The SMILES string of the molecule is O=C(O)CCC1CCCN(CCCN2CCCC2)C1. The summed E-state index contributed by atoms with van der Waals surface area (Å²) in [6.45, 7) is 7.36. The van der Waals surface area contributed by atoms with Crippen LogP contribution in [0.2, 0.25) is 0 Å². The number of aliphatic carboxylic acids is 1. The Bertz CT molecular complexity index is 277. The summed E-state index contributed by atoms with van der Waals surface area (Å²) in [5, 5.41) is 8.75. The van der Waals surface area contributed by atoms with E-state index in [1.54, 1.807) is 0 Å². The summed E-state index contributed by atoms with van der Waals surface area (Å²) < 4.78 is 0. The highest BCUT2D eigenvalue weighted by Gasteiger charge is 2.20. The molecular weight excluding hydrogens is 240 g/mol. The van der Waals surface area contributed by atoms with Crippen molar-refractivity contribution in [2.24, 2.45) is 5.92 Å². The molecule has 0 spiro atoms. The summed E-state index contributed by atoms with van der Waals surface area (Å²) in [6.07, 6.45) is 7.68. The van der Waals surface area contributed by atoms with Crippen LogP contribution in [0.5, 0.6) is 0 Å². The largest absolute Gasteiger partial charge is 0.481 e. The van der Waals surface area contributed by atoms with Crippen molar-refractivity contribution in [1.29, 1.82) is 0 Å². The van der Waals surface area contributed by atoms with E-state index in [0.29, 0.717) is 12.3 Å². The fourth-order valence-electron chi connectivity index (χ4n) is 3.44. The highest BCUT2D eigenvalue weighted by Crippen LogP contribution is 2.21. The number of carboxylic acid groups (broad SMARTS) is 1. The minimum Gasteiger partial charge on any atom is -0.481 e. The summed E-state index contributed by atoms with van der Waals surface area (Å²) in [7, 11) is 0. The maximum atomic E-state index is 10.6. The second-order valence-electron chi connectivity index (χ2n) is 6.14. The van der Waals surface area contributed by atoms with Gasteiger partial charge in [0.05, 0.1) is 0 Å². The van der Waals surface area contributed by atoms with Gasteiger partial charge in [-0.2, -0.15) is 0 Å². The Labute approximate surface area is 116 Å². The average molecular weight is 268 g/mol. The van der Waals surface area contributed by atoms with Crippen molar-refractivity contribution < 1.29 is 9.90 Å². The molecule has 0 saturated carbocycles. The first-order valence-electron chi connectivity index (χ1n) is 7.90. The molecule has 4 heteroatoms. The Kier molecular flexibility index (Phi) is 6.11. The summed E-state index contributed by atoms with van der Waals surface area (Å²) >= 11 is 0. The van der Waals surface area contributed by atoms with Crippen LogP contribution in [0.3, 0.4) is 0 Å². The second-order valence-corrected chi connectivity index (χ2v) is 6.14. The van der Waals surface area contributed by atoms with E-state index < -0.39 is 5.97 Å². The molecule has 19 heavy (non-hydrogen) atoms. The predicted octanol–water partition coefficient (Wildman–Crippen LogP) is 2.05. The third kappa shape index (κ3) is 5.49. The lowest BCUT2D eigenvalue weighted by molar-refractivity contribution is -0.137. The summed E-state index contributed by atoms with van der Waals surface area (Å²) in [6, 6.07) is 0. The van der Waals surface area contributed by atoms with Crippen LogP contribution in [0, 0.1) is 5.92 Å². The lowest BCUT2D eigenvalue weighted by atomic mass is 9.93. The average Bonchev–Trinajstić information content (AvgIpc) is 2.90. The van der Waals surface area contributed by atoms with Crippen molar-refractivity contribution in [3.8, 4) is 0 Å². The van der Waals surface area contributed by atoms with Crippen molar-refractivity contribution in [3.05, 3.63) is 0 Å². The quantitative estimate of drug-likeness (QED) is 0.767. The Morgan fingerprint density at radius 2 is 1.74 bits per heavy atom. The molecule has 2 saturated heterocycles. The van der Waals surface area contributed by atoms with Gasteiger partial charge in [-0.3, -0.25) is 4.79 Å². The Balaban J connectivity index is 1.59. The van der Waals surface area contributed by atoms with Crippen LogP contribution >= 0.6 is 0 Å². The standard InChI is InChI=1S/C15H28N2O2/c18-15(19)7-6-14-5-3-10-17(13-14)12-4-11-16-8-1-2-9-16/h14H,1-13H2,(H,18,19). The molecule has 0 bridgehead atoms. The van der Waals surface area contributed by atoms with Crippen LogP contribution in [-0.2, 0) is 4.79 Å². The molecule has 0 aromatic rings. The Hall–Kier alpha value is -0.610. The number of nitrogens with zero attached hydrogens (tertiary/aromatic N) is 2. The van der Waals surface area contributed by atoms with Gasteiger partial charge in [0.2, 0.25) is 0 Å². The summed E-state index contributed by atoms with van der Waals surface area (Å²) in [5.41, 5.74) is 0. The van der Waals surface area contributed by atoms with E-state index in [0.717, 1.165) is 13.0 Å². The maximum Gasteiger partial charge on any atom is 0.303 e. The molecule has 2 aliphatic rings. The van der Waals surface area contributed by atoms with Crippen LogP contribution < -0.4 is 0 Å². The third-order valence-corrected chi connectivity index (χ3v) is 4.52. The van der Waals surface area contributed by atoms with Gasteiger partial charge in [0.15, 0.2) is 0 Å². The molecule has 2 rings (SSSR count). The Morgan fingerprint density at radius 3 is 2.47 bits per heavy atom. The molecule has 0 aliphatic carbocycles. The van der Waals surface area contributed by atoms with E-state index in [1.807, 2.05) is 0 Å². The molecule has 110 valence electrons. The first kappa shape index (κ1) is 14.8. The monoisotopic (exact) mass is 268 g/mol. The predicted molar refractivity (Wildman–Crippen MR) is 76.3 cm³/mol. The molecule has 0 aromatic carbocycles. The van der Waals surface area contributed by atoms with Crippen molar-refractivity contribution >= 4 is 5.97 Å². The maximum absolute atomic E-state index is 10.6. The van der Waals surface area contributed by atoms with Crippen LogP contribution in [-0.4, -0.2) is 60.1 Å². The second kappa shape index (κ2) is 7.85. The highest BCUT2D eigenvalue weighted by molar-refractivity contribution is 5.66. The summed E-state index contributed by atoms with van der Waals surface area (Å²) in [5.74, 6) is -0.0391. The van der Waals surface area contributed by atoms with E-state index in [-0.39, 0.29) is 0 Å². The molecule has 1 atom stereocenters. The molecule has 1 unspecified atom stereocenters. The van der Waals surface area contributed by atoms with E-state index >= 15 is 0 Å². The third-order valence-electron chi connectivity index (χ3n) is 4.52. The minimum absolute atomic E-state index is 0.340. The molecule has 0 aromatic heterocycles. The van der Waals surface area contributed by atoms with Gasteiger partial charge in [-0.1, -0.05) is 0 Å². The molecular formula is C15H28N2O2. The number of carboxylic acids is 1. The van der Waals surface area contributed by atoms with Gasteiger partial charge in [0.25, 0.3) is 0 Å². The van der Waals surface area contributed by atoms with Crippen molar-refractivity contribution in [3.63, 3.8) is 0 Å². The van der Waals surface area contributed by atoms with E-state index in [1.165, 1.54) is 64.8 Å². The van der Waals surface area contributed by atoms with Crippen LogP contribution in [0.4, 0.5) is 0 Å². The fourth-order valence-corrected chi connectivity index (χ4v) is 3.44. The van der Waals surface area contributed by atoms with Gasteiger partial charge >= 0.3 is 5.97 Å². The van der Waals surface area contributed by atoms with Gasteiger partial charge < -0.3 is 14.9 Å².